The number of nitrogens with one attached hydrogen (secondary N) is 1. The largest absolute Gasteiger partial charge is 0.381 e. The molecule has 18 heavy (non-hydrogen) atoms. The zero-order valence-corrected chi connectivity index (χ0v) is 12.3. The first-order valence-electron chi connectivity index (χ1n) is 6.98. The van der Waals surface area contributed by atoms with Crippen molar-refractivity contribution in [2.24, 2.45) is 5.41 Å². The van der Waals surface area contributed by atoms with E-state index in [1.165, 1.54) is 19.3 Å². The predicted molar refractivity (Wildman–Crippen MR) is 76.1 cm³/mol. The Morgan fingerprint density at radius 3 is 3.00 bits per heavy atom. The van der Waals surface area contributed by atoms with E-state index in [1.54, 1.807) is 10.4 Å². The number of fused-ring (bicyclic) bond motifs is 1. The molecule has 3 unspecified atom stereocenters. The number of rotatable bonds is 3. The number of aryl methyl sites for hydroxylation is 1. The van der Waals surface area contributed by atoms with E-state index in [1.807, 2.05) is 18.4 Å². The second-order valence-corrected chi connectivity index (χ2v) is 7.25. The van der Waals surface area contributed by atoms with E-state index in [-0.39, 0.29) is 5.41 Å². The first-order valence-corrected chi connectivity index (χ1v) is 7.86. The van der Waals surface area contributed by atoms with Crippen LogP contribution in [0.3, 0.4) is 0 Å². The molecule has 2 aliphatic rings. The number of thiophene rings is 1. The maximum Gasteiger partial charge on any atom is 0.0652 e. The molecule has 0 saturated heterocycles. The van der Waals surface area contributed by atoms with Gasteiger partial charge in [-0.15, -0.1) is 11.3 Å². The Balaban J connectivity index is 1.69. The molecule has 0 radical (unpaired) electrons. The van der Waals surface area contributed by atoms with Crippen LogP contribution >= 0.6 is 11.3 Å². The molecule has 1 heterocycles. The molecule has 1 aromatic rings. The van der Waals surface area contributed by atoms with Crippen LogP contribution in [0.1, 0.15) is 49.6 Å². The van der Waals surface area contributed by atoms with E-state index in [4.69, 9.17) is 4.74 Å². The summed E-state index contributed by atoms with van der Waals surface area (Å²) >= 11 is 1.92. The minimum Gasteiger partial charge on any atom is -0.381 e. The first-order chi connectivity index (χ1) is 8.63. The van der Waals surface area contributed by atoms with Gasteiger partial charge in [0.2, 0.25) is 0 Å². The number of ether oxygens (including phenoxy) is 1. The molecule has 0 spiro atoms. The van der Waals surface area contributed by atoms with E-state index in [2.05, 4.69) is 30.6 Å². The highest BCUT2D eigenvalue weighted by molar-refractivity contribution is 7.10. The quantitative estimate of drug-likeness (QED) is 0.902. The molecule has 0 aliphatic heterocycles. The van der Waals surface area contributed by atoms with E-state index in [9.17, 15) is 0 Å². The molecular formula is C15H23NOS. The highest BCUT2D eigenvalue weighted by atomic mass is 32.1. The number of hydrogen-bond acceptors (Lipinski definition) is 3. The maximum atomic E-state index is 5.54. The number of hydrogen-bond donors (Lipinski definition) is 1. The molecule has 1 N–H and O–H groups in total. The van der Waals surface area contributed by atoms with Gasteiger partial charge in [-0.3, -0.25) is 0 Å². The van der Waals surface area contributed by atoms with Crippen molar-refractivity contribution in [3.05, 3.63) is 21.9 Å². The fourth-order valence-corrected chi connectivity index (χ4v) is 4.46. The van der Waals surface area contributed by atoms with Crippen LogP contribution in [0, 0.1) is 5.41 Å². The van der Waals surface area contributed by atoms with Crippen LogP contribution in [0.5, 0.6) is 0 Å². The smallest absolute Gasteiger partial charge is 0.0652 e. The Morgan fingerprint density at radius 1 is 1.44 bits per heavy atom. The van der Waals surface area contributed by atoms with Crippen LogP contribution in [0.4, 0.5) is 0 Å². The van der Waals surface area contributed by atoms with E-state index >= 15 is 0 Å². The minimum absolute atomic E-state index is 0.266. The van der Waals surface area contributed by atoms with Crippen LogP contribution in [0.15, 0.2) is 11.4 Å². The van der Waals surface area contributed by atoms with Gasteiger partial charge in [0, 0.05) is 29.5 Å². The summed E-state index contributed by atoms with van der Waals surface area (Å²) in [6.07, 6.45) is 5.46. The molecule has 0 amide bonds. The Morgan fingerprint density at radius 2 is 2.28 bits per heavy atom. The SMILES string of the molecule is COC1CC(NC2CCCc3sccc32)C1(C)C. The Bertz CT molecular complexity index is 426. The summed E-state index contributed by atoms with van der Waals surface area (Å²) in [6.45, 7) is 4.64. The molecule has 1 saturated carbocycles. The second-order valence-electron chi connectivity index (χ2n) is 6.24. The topological polar surface area (TPSA) is 21.3 Å². The van der Waals surface area contributed by atoms with Crippen molar-refractivity contribution in [2.75, 3.05) is 7.11 Å². The van der Waals surface area contributed by atoms with Crippen molar-refractivity contribution in [3.63, 3.8) is 0 Å². The molecule has 100 valence electrons. The summed E-state index contributed by atoms with van der Waals surface area (Å²) in [4.78, 5) is 1.60. The summed E-state index contributed by atoms with van der Waals surface area (Å²) in [7, 11) is 1.83. The van der Waals surface area contributed by atoms with Gasteiger partial charge in [-0.2, -0.15) is 0 Å². The third kappa shape index (κ3) is 1.93. The predicted octanol–water partition coefficient (Wildman–Crippen LogP) is 3.53. The van der Waals surface area contributed by atoms with Crippen LogP contribution in [-0.4, -0.2) is 19.3 Å². The summed E-state index contributed by atoms with van der Waals surface area (Å²) in [5.74, 6) is 0. The number of methoxy groups -OCH3 is 1. The fraction of sp³-hybridized carbons (Fsp3) is 0.733. The van der Waals surface area contributed by atoms with Gasteiger partial charge >= 0.3 is 0 Å². The molecule has 2 nitrogen and oxygen atoms in total. The van der Waals surface area contributed by atoms with E-state index < -0.39 is 0 Å². The Kier molecular flexibility index (Phi) is 3.25. The van der Waals surface area contributed by atoms with Gasteiger partial charge in [0.05, 0.1) is 6.10 Å². The molecule has 0 aromatic carbocycles. The zero-order valence-electron chi connectivity index (χ0n) is 11.5. The van der Waals surface area contributed by atoms with E-state index in [0.29, 0.717) is 18.2 Å². The second kappa shape index (κ2) is 4.62. The third-order valence-corrected chi connectivity index (χ3v) is 5.91. The molecule has 2 aliphatic carbocycles. The van der Waals surface area contributed by atoms with Crippen molar-refractivity contribution in [3.8, 4) is 0 Å². The van der Waals surface area contributed by atoms with Crippen molar-refractivity contribution in [2.45, 2.75) is 57.7 Å². The standard InChI is InChI=1S/C15H23NOS/c1-15(2)13(9-14(15)17-3)16-11-5-4-6-12-10(11)7-8-18-12/h7-8,11,13-14,16H,4-6,9H2,1-3H3. The average Bonchev–Trinajstić information content (AvgIpc) is 2.82. The van der Waals surface area contributed by atoms with Gasteiger partial charge in [0.1, 0.15) is 0 Å². The minimum atomic E-state index is 0.266. The Labute approximate surface area is 114 Å². The zero-order chi connectivity index (χ0) is 12.8. The van der Waals surface area contributed by atoms with Crippen molar-refractivity contribution in [1.82, 2.24) is 5.32 Å². The highest BCUT2D eigenvalue weighted by Crippen LogP contribution is 2.44. The molecular weight excluding hydrogens is 242 g/mol. The lowest BCUT2D eigenvalue weighted by Gasteiger charge is -2.52. The van der Waals surface area contributed by atoms with Gasteiger partial charge in [-0.1, -0.05) is 13.8 Å². The lowest BCUT2D eigenvalue weighted by Crippen LogP contribution is -2.61. The van der Waals surface area contributed by atoms with E-state index in [0.717, 1.165) is 6.42 Å². The summed E-state index contributed by atoms with van der Waals surface area (Å²) < 4.78 is 5.54. The van der Waals surface area contributed by atoms with Crippen LogP contribution in [0.2, 0.25) is 0 Å². The Hall–Kier alpha value is -0.380. The van der Waals surface area contributed by atoms with Gasteiger partial charge in [0.15, 0.2) is 0 Å². The van der Waals surface area contributed by atoms with Gasteiger partial charge < -0.3 is 10.1 Å². The van der Waals surface area contributed by atoms with Gasteiger partial charge in [0.25, 0.3) is 0 Å². The molecule has 3 atom stereocenters. The normalized spacial score (nSPS) is 33.8. The summed E-state index contributed by atoms with van der Waals surface area (Å²) in [6, 6.07) is 3.48. The van der Waals surface area contributed by atoms with Gasteiger partial charge in [-0.05, 0) is 42.7 Å². The molecule has 3 heteroatoms. The monoisotopic (exact) mass is 265 g/mol. The lowest BCUT2D eigenvalue weighted by atomic mass is 9.64. The molecule has 0 bridgehead atoms. The van der Waals surface area contributed by atoms with Crippen LogP contribution in [-0.2, 0) is 11.2 Å². The van der Waals surface area contributed by atoms with Crippen molar-refractivity contribution < 1.29 is 4.74 Å². The van der Waals surface area contributed by atoms with Crippen LogP contribution in [0.25, 0.3) is 0 Å². The fourth-order valence-electron chi connectivity index (χ4n) is 3.47. The lowest BCUT2D eigenvalue weighted by molar-refractivity contribution is -0.101. The summed E-state index contributed by atoms with van der Waals surface area (Å²) in [5.41, 5.74) is 1.82. The third-order valence-electron chi connectivity index (χ3n) is 4.92. The van der Waals surface area contributed by atoms with Crippen LogP contribution < -0.4 is 5.32 Å². The molecule has 3 rings (SSSR count). The first kappa shape index (κ1) is 12.6. The summed E-state index contributed by atoms with van der Waals surface area (Å²) in [5, 5.41) is 6.12. The average molecular weight is 265 g/mol. The van der Waals surface area contributed by atoms with Crippen molar-refractivity contribution in [1.29, 1.82) is 0 Å². The molecule has 1 fully saturated rings. The van der Waals surface area contributed by atoms with Crippen molar-refractivity contribution >= 4 is 11.3 Å². The van der Waals surface area contributed by atoms with Gasteiger partial charge in [-0.25, -0.2) is 0 Å². The molecule has 1 aromatic heterocycles. The highest BCUT2D eigenvalue weighted by Gasteiger charge is 2.49. The maximum absolute atomic E-state index is 5.54.